The summed E-state index contributed by atoms with van der Waals surface area (Å²) in [6.45, 7) is 5.30. The Morgan fingerprint density at radius 3 is 2.81 bits per heavy atom. The third kappa shape index (κ3) is 4.63. The minimum absolute atomic E-state index is 0.445. The van der Waals surface area contributed by atoms with E-state index in [4.69, 9.17) is 9.47 Å². The number of nitrogens with one attached hydrogen (secondary N) is 1. The molecule has 1 aromatic carbocycles. The third-order valence-corrected chi connectivity index (χ3v) is 2.89. The Kier molecular flexibility index (Phi) is 5.37. The van der Waals surface area contributed by atoms with Crippen LogP contribution in [0.5, 0.6) is 11.6 Å². The van der Waals surface area contributed by atoms with Crippen molar-refractivity contribution in [1.29, 1.82) is 0 Å². The first-order valence-electron chi connectivity index (χ1n) is 7.06. The molecule has 0 bridgehead atoms. The van der Waals surface area contributed by atoms with Crippen LogP contribution in [-0.2, 0) is 6.61 Å². The van der Waals surface area contributed by atoms with Crippen molar-refractivity contribution >= 4 is 5.82 Å². The molecule has 2 rings (SSSR count). The van der Waals surface area contributed by atoms with E-state index in [0.717, 1.165) is 30.1 Å². The van der Waals surface area contributed by atoms with Crippen molar-refractivity contribution in [1.82, 2.24) is 9.97 Å². The van der Waals surface area contributed by atoms with Crippen LogP contribution >= 0.6 is 0 Å². The fraction of sp³-hybridized carbons (Fsp3) is 0.375. The molecule has 0 unspecified atom stereocenters. The van der Waals surface area contributed by atoms with E-state index < -0.39 is 0 Å². The van der Waals surface area contributed by atoms with E-state index >= 15 is 0 Å². The van der Waals surface area contributed by atoms with Gasteiger partial charge < -0.3 is 14.8 Å². The van der Waals surface area contributed by atoms with E-state index in [0.29, 0.717) is 18.3 Å². The standard InChI is InChI=1S/C16H21N3O2/c1-4-8-17-15-10-16(19-12(2)18-15)21-11-13-6-5-7-14(9-13)20-3/h5-7,9-10H,4,8,11H2,1-3H3,(H,17,18,19). The molecule has 0 saturated carbocycles. The molecule has 0 radical (unpaired) electrons. The van der Waals surface area contributed by atoms with Crippen LogP contribution in [0, 0.1) is 6.92 Å². The Balaban J connectivity index is 2.03. The molecule has 0 fully saturated rings. The molecule has 0 aliphatic carbocycles. The number of aromatic nitrogens is 2. The molecular weight excluding hydrogens is 266 g/mol. The molecular formula is C16H21N3O2. The van der Waals surface area contributed by atoms with Gasteiger partial charge in [-0.3, -0.25) is 0 Å². The molecule has 1 aromatic heterocycles. The van der Waals surface area contributed by atoms with E-state index in [1.165, 1.54) is 0 Å². The van der Waals surface area contributed by atoms with Gasteiger partial charge in [-0.25, -0.2) is 4.98 Å². The highest BCUT2D eigenvalue weighted by molar-refractivity contribution is 5.38. The van der Waals surface area contributed by atoms with Crippen LogP contribution in [0.25, 0.3) is 0 Å². The van der Waals surface area contributed by atoms with Gasteiger partial charge in [0, 0.05) is 12.6 Å². The summed E-state index contributed by atoms with van der Waals surface area (Å²) in [7, 11) is 1.65. The van der Waals surface area contributed by atoms with E-state index in [9.17, 15) is 0 Å². The van der Waals surface area contributed by atoms with Gasteiger partial charge in [0.2, 0.25) is 5.88 Å². The van der Waals surface area contributed by atoms with Crippen molar-refractivity contribution in [3.63, 3.8) is 0 Å². The Hall–Kier alpha value is -2.30. The molecule has 112 valence electrons. The third-order valence-electron chi connectivity index (χ3n) is 2.89. The first-order valence-corrected chi connectivity index (χ1v) is 7.06. The summed E-state index contributed by atoms with van der Waals surface area (Å²) < 4.78 is 10.9. The summed E-state index contributed by atoms with van der Waals surface area (Å²) >= 11 is 0. The van der Waals surface area contributed by atoms with Crippen molar-refractivity contribution in [2.75, 3.05) is 19.0 Å². The van der Waals surface area contributed by atoms with Crippen molar-refractivity contribution < 1.29 is 9.47 Å². The molecule has 5 nitrogen and oxygen atoms in total. The predicted molar refractivity (Wildman–Crippen MR) is 82.9 cm³/mol. The fourth-order valence-corrected chi connectivity index (χ4v) is 1.88. The molecule has 0 saturated heterocycles. The topological polar surface area (TPSA) is 56.3 Å². The van der Waals surface area contributed by atoms with Gasteiger partial charge in [-0.2, -0.15) is 4.98 Å². The van der Waals surface area contributed by atoms with Gasteiger partial charge in [0.15, 0.2) is 0 Å². The normalized spacial score (nSPS) is 10.2. The second-order valence-corrected chi connectivity index (χ2v) is 4.71. The van der Waals surface area contributed by atoms with E-state index in [1.54, 1.807) is 7.11 Å². The smallest absolute Gasteiger partial charge is 0.219 e. The molecule has 5 heteroatoms. The number of nitrogens with zero attached hydrogens (tertiary/aromatic N) is 2. The molecule has 21 heavy (non-hydrogen) atoms. The second kappa shape index (κ2) is 7.47. The minimum Gasteiger partial charge on any atom is -0.497 e. The summed E-state index contributed by atoms with van der Waals surface area (Å²) in [5.74, 6) is 2.88. The maximum absolute atomic E-state index is 5.75. The molecule has 1 heterocycles. The van der Waals surface area contributed by atoms with Crippen LogP contribution in [0.2, 0.25) is 0 Å². The van der Waals surface area contributed by atoms with E-state index in [1.807, 2.05) is 37.3 Å². The zero-order valence-corrected chi connectivity index (χ0v) is 12.7. The molecule has 2 aromatic rings. The Labute approximate surface area is 125 Å². The van der Waals surface area contributed by atoms with Crippen molar-refractivity contribution in [2.24, 2.45) is 0 Å². The van der Waals surface area contributed by atoms with Crippen LogP contribution in [0.1, 0.15) is 24.7 Å². The summed E-state index contributed by atoms with van der Waals surface area (Å²) in [5.41, 5.74) is 1.04. The maximum atomic E-state index is 5.75. The average Bonchev–Trinajstić information content (AvgIpc) is 2.50. The van der Waals surface area contributed by atoms with Crippen LogP contribution in [0.3, 0.4) is 0 Å². The SMILES string of the molecule is CCCNc1cc(OCc2cccc(OC)c2)nc(C)n1. The number of hydrogen-bond acceptors (Lipinski definition) is 5. The molecule has 0 aliphatic heterocycles. The first-order chi connectivity index (χ1) is 10.2. The lowest BCUT2D eigenvalue weighted by molar-refractivity contribution is 0.292. The van der Waals surface area contributed by atoms with Crippen LogP contribution in [0.15, 0.2) is 30.3 Å². The predicted octanol–water partition coefficient (Wildman–Crippen LogP) is 3.19. The Morgan fingerprint density at radius 1 is 1.19 bits per heavy atom. The van der Waals surface area contributed by atoms with Crippen LogP contribution in [-0.4, -0.2) is 23.6 Å². The van der Waals surface area contributed by atoms with Crippen molar-refractivity contribution in [3.05, 3.63) is 41.7 Å². The molecule has 0 spiro atoms. The number of hydrogen-bond donors (Lipinski definition) is 1. The molecule has 0 atom stereocenters. The zero-order valence-electron chi connectivity index (χ0n) is 12.7. The van der Waals surface area contributed by atoms with E-state index in [-0.39, 0.29) is 0 Å². The quantitative estimate of drug-likeness (QED) is 0.847. The summed E-state index contributed by atoms with van der Waals surface area (Å²) in [6.07, 6.45) is 1.04. The van der Waals surface area contributed by atoms with Gasteiger partial charge in [0.05, 0.1) is 7.11 Å². The monoisotopic (exact) mass is 287 g/mol. The highest BCUT2D eigenvalue weighted by Gasteiger charge is 2.04. The van der Waals surface area contributed by atoms with Gasteiger partial charge >= 0.3 is 0 Å². The van der Waals surface area contributed by atoms with Gasteiger partial charge in [-0.05, 0) is 31.0 Å². The largest absolute Gasteiger partial charge is 0.497 e. The molecule has 0 aliphatic rings. The molecule has 1 N–H and O–H groups in total. The lowest BCUT2D eigenvalue weighted by Gasteiger charge is -2.10. The van der Waals surface area contributed by atoms with Gasteiger partial charge in [-0.1, -0.05) is 19.1 Å². The van der Waals surface area contributed by atoms with Crippen LogP contribution in [0.4, 0.5) is 5.82 Å². The first kappa shape index (κ1) is 15.1. The molecule has 0 amide bonds. The number of ether oxygens (including phenoxy) is 2. The number of methoxy groups -OCH3 is 1. The summed E-state index contributed by atoms with van der Waals surface area (Å²) in [5, 5.41) is 3.24. The highest BCUT2D eigenvalue weighted by Crippen LogP contribution is 2.17. The zero-order chi connectivity index (χ0) is 15.1. The van der Waals surface area contributed by atoms with Crippen molar-refractivity contribution in [2.45, 2.75) is 26.9 Å². The Morgan fingerprint density at radius 2 is 2.05 bits per heavy atom. The summed E-state index contributed by atoms with van der Waals surface area (Å²) in [6, 6.07) is 9.61. The van der Waals surface area contributed by atoms with Gasteiger partial charge in [0.1, 0.15) is 24.0 Å². The average molecular weight is 287 g/mol. The number of anilines is 1. The maximum Gasteiger partial charge on any atom is 0.219 e. The minimum atomic E-state index is 0.445. The number of rotatable bonds is 7. The summed E-state index contributed by atoms with van der Waals surface area (Å²) in [4.78, 5) is 8.63. The fourth-order valence-electron chi connectivity index (χ4n) is 1.88. The van der Waals surface area contributed by atoms with E-state index in [2.05, 4.69) is 22.2 Å². The lowest BCUT2D eigenvalue weighted by atomic mass is 10.2. The highest BCUT2D eigenvalue weighted by atomic mass is 16.5. The number of benzene rings is 1. The lowest BCUT2D eigenvalue weighted by Crippen LogP contribution is -2.05. The Bertz CT molecular complexity index is 587. The van der Waals surface area contributed by atoms with Gasteiger partial charge in [-0.15, -0.1) is 0 Å². The van der Waals surface area contributed by atoms with Gasteiger partial charge in [0.25, 0.3) is 0 Å². The second-order valence-electron chi connectivity index (χ2n) is 4.71. The van der Waals surface area contributed by atoms with Crippen LogP contribution < -0.4 is 14.8 Å². The van der Waals surface area contributed by atoms with Crippen molar-refractivity contribution in [3.8, 4) is 11.6 Å². The number of aryl methyl sites for hydroxylation is 1.